The second-order valence-electron chi connectivity index (χ2n) is 13.0. The van der Waals surface area contributed by atoms with Crippen LogP contribution in [0.15, 0.2) is 110 Å². The van der Waals surface area contributed by atoms with Crippen LogP contribution in [0, 0.1) is 5.92 Å². The number of alkyl carbamates (subject to hydrolysis) is 1. The van der Waals surface area contributed by atoms with Crippen molar-refractivity contribution in [1.29, 1.82) is 0 Å². The first-order chi connectivity index (χ1) is 26.3. The predicted molar refractivity (Wildman–Crippen MR) is 208 cm³/mol. The number of benzene rings is 3. The highest BCUT2D eigenvalue weighted by Crippen LogP contribution is 2.17. The van der Waals surface area contributed by atoms with Gasteiger partial charge in [0.2, 0.25) is 11.8 Å². The van der Waals surface area contributed by atoms with Crippen molar-refractivity contribution >= 4 is 23.9 Å². The molecule has 3 amide bonds. The standard InChI is InChI=1S/C43H55N3O8/c1-3-5-8-21-41(49)53-32-37(20-13-14-26-44-43(51)54-31-35-18-11-7-12-19-35)46-42(50)36(15-4-2)28-40(48)45-38(29-47)27-33-22-24-39(25-23-33)52-30-34-16-9-6-10-17-34/h3-4,6-7,9-12,16-19,22-25,36-38,47H,1-2,5,8,13-15,20-21,26-32H2,(H,44,51)(H,45,48)(H,46,50)/t36-,37-,38-/m0/s1. The Kier molecular flexibility index (Phi) is 20.3. The third kappa shape index (κ3) is 17.9. The van der Waals surface area contributed by atoms with Crippen molar-refractivity contribution in [3.63, 3.8) is 0 Å². The normalized spacial score (nSPS) is 12.3. The largest absolute Gasteiger partial charge is 0.489 e. The van der Waals surface area contributed by atoms with Gasteiger partial charge in [-0.1, -0.05) is 84.9 Å². The summed E-state index contributed by atoms with van der Waals surface area (Å²) < 4.78 is 16.6. The number of carbonyl (C=O) groups excluding carboxylic acids is 4. The molecule has 11 nitrogen and oxygen atoms in total. The SMILES string of the molecule is C=CCCCC(=O)OC[C@H](CCCCNC(=O)OCc1ccccc1)NC(=O)[C@@H](CC=C)CC(=O)N[C@H](CO)Cc1ccc(OCc2ccccc2)cc1. The monoisotopic (exact) mass is 741 g/mol. The van der Waals surface area contributed by atoms with Gasteiger partial charge in [0.05, 0.1) is 24.6 Å². The summed E-state index contributed by atoms with van der Waals surface area (Å²) in [6.07, 6.45) is 6.54. The minimum Gasteiger partial charge on any atom is -0.489 e. The van der Waals surface area contributed by atoms with Crippen molar-refractivity contribution in [1.82, 2.24) is 16.0 Å². The Labute approximate surface area is 319 Å². The first-order valence-corrected chi connectivity index (χ1v) is 18.6. The van der Waals surface area contributed by atoms with E-state index >= 15 is 0 Å². The number of carbonyl (C=O) groups is 4. The van der Waals surface area contributed by atoms with E-state index in [2.05, 4.69) is 29.1 Å². The molecule has 0 unspecified atom stereocenters. The number of esters is 1. The summed E-state index contributed by atoms with van der Waals surface area (Å²) in [6.45, 7) is 8.11. The molecule has 3 rings (SSSR count). The summed E-state index contributed by atoms with van der Waals surface area (Å²) in [6, 6.07) is 25.7. The fourth-order valence-electron chi connectivity index (χ4n) is 5.56. The molecular weight excluding hydrogens is 686 g/mol. The van der Waals surface area contributed by atoms with E-state index < -0.39 is 24.1 Å². The molecule has 11 heteroatoms. The van der Waals surface area contributed by atoms with E-state index in [1.165, 1.54) is 0 Å². The maximum Gasteiger partial charge on any atom is 0.407 e. The highest BCUT2D eigenvalue weighted by molar-refractivity contribution is 5.86. The number of allylic oxidation sites excluding steroid dienone is 2. The lowest BCUT2D eigenvalue weighted by atomic mass is 9.98. The average molecular weight is 742 g/mol. The summed E-state index contributed by atoms with van der Waals surface area (Å²) in [5, 5.41) is 18.6. The number of amides is 3. The summed E-state index contributed by atoms with van der Waals surface area (Å²) in [7, 11) is 0. The molecule has 0 aliphatic heterocycles. The fourth-order valence-corrected chi connectivity index (χ4v) is 5.56. The molecule has 290 valence electrons. The van der Waals surface area contributed by atoms with Crippen LogP contribution in [0.2, 0.25) is 0 Å². The van der Waals surface area contributed by atoms with E-state index in [9.17, 15) is 24.3 Å². The minimum atomic E-state index is -0.727. The highest BCUT2D eigenvalue weighted by Gasteiger charge is 2.25. The van der Waals surface area contributed by atoms with E-state index in [4.69, 9.17) is 14.2 Å². The maximum atomic E-state index is 13.5. The Morgan fingerprint density at radius 1 is 0.741 bits per heavy atom. The van der Waals surface area contributed by atoms with Crippen LogP contribution in [0.1, 0.15) is 68.1 Å². The van der Waals surface area contributed by atoms with Crippen molar-refractivity contribution in [2.45, 2.75) is 83.1 Å². The van der Waals surface area contributed by atoms with Crippen LogP contribution >= 0.6 is 0 Å². The molecule has 0 aliphatic rings. The van der Waals surface area contributed by atoms with E-state index in [0.717, 1.165) is 16.7 Å². The second-order valence-corrected chi connectivity index (χ2v) is 13.0. The lowest BCUT2D eigenvalue weighted by Gasteiger charge is -2.23. The summed E-state index contributed by atoms with van der Waals surface area (Å²) in [5.74, 6) is -1.14. The number of ether oxygens (including phenoxy) is 3. The lowest BCUT2D eigenvalue weighted by Crippen LogP contribution is -2.45. The van der Waals surface area contributed by atoms with Gasteiger partial charge in [0.15, 0.2) is 0 Å². The fraction of sp³-hybridized carbons (Fsp3) is 0.395. The number of aliphatic hydroxyl groups is 1. The van der Waals surface area contributed by atoms with Crippen molar-refractivity contribution in [2.75, 3.05) is 19.8 Å². The van der Waals surface area contributed by atoms with Crippen molar-refractivity contribution < 1.29 is 38.5 Å². The van der Waals surface area contributed by atoms with Gasteiger partial charge in [-0.25, -0.2) is 4.79 Å². The predicted octanol–water partition coefficient (Wildman–Crippen LogP) is 6.35. The third-order valence-corrected chi connectivity index (χ3v) is 8.54. The second kappa shape index (κ2) is 25.5. The van der Waals surface area contributed by atoms with Crippen LogP contribution in [0.25, 0.3) is 0 Å². The maximum absolute atomic E-state index is 13.5. The molecule has 54 heavy (non-hydrogen) atoms. The summed E-state index contributed by atoms with van der Waals surface area (Å²) in [5.41, 5.74) is 2.85. The quantitative estimate of drug-likeness (QED) is 0.0422. The van der Waals surface area contributed by atoms with Gasteiger partial charge < -0.3 is 35.3 Å². The van der Waals surface area contributed by atoms with Crippen LogP contribution in [-0.4, -0.2) is 60.8 Å². The zero-order valence-electron chi connectivity index (χ0n) is 31.1. The summed E-state index contributed by atoms with van der Waals surface area (Å²) in [4.78, 5) is 51.1. The van der Waals surface area contributed by atoms with Crippen LogP contribution in [0.5, 0.6) is 5.75 Å². The van der Waals surface area contributed by atoms with E-state index in [1.54, 1.807) is 12.2 Å². The molecule has 0 aliphatic carbocycles. The number of hydrogen-bond donors (Lipinski definition) is 4. The number of hydrogen-bond acceptors (Lipinski definition) is 8. The van der Waals surface area contributed by atoms with Gasteiger partial charge in [-0.15, -0.1) is 13.2 Å². The van der Waals surface area contributed by atoms with Crippen molar-refractivity contribution in [3.05, 3.63) is 127 Å². The summed E-state index contributed by atoms with van der Waals surface area (Å²) >= 11 is 0. The molecule has 0 saturated carbocycles. The van der Waals surface area contributed by atoms with Crippen molar-refractivity contribution in [2.24, 2.45) is 5.92 Å². The zero-order chi connectivity index (χ0) is 38.8. The Bertz CT molecular complexity index is 1570. The van der Waals surface area contributed by atoms with Gasteiger partial charge in [-0.3, -0.25) is 14.4 Å². The van der Waals surface area contributed by atoms with Gasteiger partial charge in [-0.2, -0.15) is 0 Å². The van der Waals surface area contributed by atoms with Crippen molar-refractivity contribution in [3.8, 4) is 5.75 Å². The Hall–Kier alpha value is -5.42. The van der Waals surface area contributed by atoms with Crippen LogP contribution in [0.4, 0.5) is 4.79 Å². The molecule has 0 spiro atoms. The van der Waals surface area contributed by atoms with Crippen LogP contribution < -0.4 is 20.7 Å². The third-order valence-electron chi connectivity index (χ3n) is 8.54. The van der Waals surface area contributed by atoms with Crippen LogP contribution in [-0.2, 0) is 43.5 Å². The molecule has 0 saturated heterocycles. The average Bonchev–Trinajstić information content (AvgIpc) is 3.19. The van der Waals surface area contributed by atoms with Gasteiger partial charge in [0, 0.05) is 19.4 Å². The molecule has 3 aromatic rings. The van der Waals surface area contributed by atoms with Crippen LogP contribution in [0.3, 0.4) is 0 Å². The van der Waals surface area contributed by atoms with E-state index in [-0.39, 0.29) is 56.9 Å². The van der Waals surface area contributed by atoms with E-state index in [1.807, 2.05) is 84.9 Å². The smallest absolute Gasteiger partial charge is 0.407 e. The number of aliphatic hydroxyl groups excluding tert-OH is 1. The van der Waals surface area contributed by atoms with Gasteiger partial charge in [0.1, 0.15) is 25.6 Å². The first-order valence-electron chi connectivity index (χ1n) is 18.6. The lowest BCUT2D eigenvalue weighted by molar-refractivity contribution is -0.145. The molecule has 3 atom stereocenters. The molecule has 4 N–H and O–H groups in total. The molecular formula is C43H55N3O8. The molecule has 0 bridgehead atoms. The molecule has 0 aromatic heterocycles. The minimum absolute atomic E-state index is 0.0269. The molecule has 0 fully saturated rings. The highest BCUT2D eigenvalue weighted by atomic mass is 16.5. The van der Waals surface area contributed by atoms with Gasteiger partial charge >= 0.3 is 12.1 Å². The number of nitrogens with one attached hydrogen (secondary N) is 3. The Balaban J connectivity index is 1.49. The van der Waals surface area contributed by atoms with E-state index in [0.29, 0.717) is 57.4 Å². The van der Waals surface area contributed by atoms with Gasteiger partial charge in [-0.05, 0) is 73.8 Å². The Morgan fingerprint density at radius 3 is 2.07 bits per heavy atom. The zero-order valence-corrected chi connectivity index (χ0v) is 31.1. The molecule has 0 radical (unpaired) electrons. The topological polar surface area (TPSA) is 152 Å². The molecule has 0 heterocycles. The number of rotatable bonds is 26. The number of unbranched alkanes of at least 4 members (excludes halogenated alkanes) is 2. The first kappa shape index (κ1) is 43.0. The molecule has 3 aromatic carbocycles. The Morgan fingerprint density at radius 2 is 1.43 bits per heavy atom. The van der Waals surface area contributed by atoms with Gasteiger partial charge in [0.25, 0.3) is 0 Å².